The molecule has 1 aromatic heterocycles. The summed E-state index contributed by atoms with van der Waals surface area (Å²) in [7, 11) is 1.89. The summed E-state index contributed by atoms with van der Waals surface area (Å²) in [5.41, 5.74) is 10.1. The van der Waals surface area contributed by atoms with Gasteiger partial charge in [-0.25, -0.2) is 0 Å². The second-order valence-electron chi connectivity index (χ2n) is 8.92. The number of likely N-dealkylation sites (tertiary alicyclic amines) is 1. The van der Waals surface area contributed by atoms with Crippen molar-refractivity contribution < 1.29 is 14.4 Å². The van der Waals surface area contributed by atoms with E-state index in [2.05, 4.69) is 5.32 Å². The first-order chi connectivity index (χ1) is 16.3. The number of aryl methyl sites for hydroxylation is 1. The molecule has 0 bridgehead atoms. The summed E-state index contributed by atoms with van der Waals surface area (Å²) < 4.78 is 1.95. The number of carbonyl (C=O) groups excluding carboxylic acids is 3. The van der Waals surface area contributed by atoms with E-state index in [1.165, 1.54) is 0 Å². The Kier molecular flexibility index (Phi) is 4.56. The topological polar surface area (TPSA) is 97.4 Å². The van der Waals surface area contributed by atoms with Gasteiger partial charge in [-0.1, -0.05) is 35.9 Å². The summed E-state index contributed by atoms with van der Waals surface area (Å²) in [6.07, 6.45) is 0.794. The number of benzene rings is 3. The average molecular weight is 473 g/mol. The number of fused-ring (bicyclic) bond motifs is 5. The third kappa shape index (κ3) is 2.90. The Morgan fingerprint density at radius 3 is 2.53 bits per heavy atom. The first kappa shape index (κ1) is 20.9. The van der Waals surface area contributed by atoms with E-state index in [1.54, 1.807) is 17.0 Å². The van der Waals surface area contributed by atoms with Crippen LogP contribution >= 0.6 is 11.6 Å². The van der Waals surface area contributed by atoms with Gasteiger partial charge in [-0.2, -0.15) is 0 Å². The van der Waals surface area contributed by atoms with Gasteiger partial charge in [0, 0.05) is 58.6 Å². The van der Waals surface area contributed by atoms with Crippen molar-refractivity contribution in [1.29, 1.82) is 0 Å². The zero-order valence-corrected chi connectivity index (χ0v) is 19.1. The number of hydrogen-bond donors (Lipinski definition) is 2. The molecular formula is C26H21ClN4O3. The smallest absolute Gasteiger partial charge is 0.259 e. The molecule has 0 saturated carbocycles. The van der Waals surface area contributed by atoms with Crippen molar-refractivity contribution in [2.75, 3.05) is 13.1 Å². The molecule has 0 unspecified atom stereocenters. The van der Waals surface area contributed by atoms with Crippen LogP contribution in [0, 0.1) is 0 Å². The summed E-state index contributed by atoms with van der Waals surface area (Å²) in [6.45, 7) is 1.19. The van der Waals surface area contributed by atoms with Gasteiger partial charge in [-0.05, 0) is 36.2 Å². The van der Waals surface area contributed by atoms with Crippen LogP contribution in [0.2, 0.25) is 5.02 Å². The Morgan fingerprint density at radius 2 is 1.79 bits per heavy atom. The van der Waals surface area contributed by atoms with E-state index >= 15 is 0 Å². The van der Waals surface area contributed by atoms with E-state index in [1.807, 2.05) is 48.0 Å². The summed E-state index contributed by atoms with van der Waals surface area (Å²) in [5, 5.41) is 4.43. The summed E-state index contributed by atoms with van der Waals surface area (Å²) >= 11 is 6.47. The van der Waals surface area contributed by atoms with Gasteiger partial charge in [0.05, 0.1) is 16.6 Å². The Balaban J connectivity index is 1.62. The van der Waals surface area contributed by atoms with Crippen molar-refractivity contribution >= 4 is 51.1 Å². The van der Waals surface area contributed by atoms with Crippen LogP contribution < -0.4 is 11.1 Å². The Hall–Kier alpha value is -3.68. The van der Waals surface area contributed by atoms with Gasteiger partial charge in [0.25, 0.3) is 17.7 Å². The molecule has 1 saturated heterocycles. The predicted octanol–water partition coefficient (Wildman–Crippen LogP) is 3.71. The van der Waals surface area contributed by atoms with Gasteiger partial charge >= 0.3 is 0 Å². The molecule has 4 aromatic rings. The molecule has 8 heteroatoms. The van der Waals surface area contributed by atoms with Crippen LogP contribution in [-0.4, -0.2) is 46.3 Å². The normalized spacial score (nSPS) is 17.6. The minimum Gasteiger partial charge on any atom is -0.344 e. The molecule has 34 heavy (non-hydrogen) atoms. The quantitative estimate of drug-likeness (QED) is 0.434. The first-order valence-electron chi connectivity index (χ1n) is 11.1. The van der Waals surface area contributed by atoms with Crippen LogP contribution in [0.15, 0.2) is 48.5 Å². The van der Waals surface area contributed by atoms with Gasteiger partial charge in [0.15, 0.2) is 0 Å². The highest BCUT2D eigenvalue weighted by Crippen LogP contribution is 2.41. The van der Waals surface area contributed by atoms with Gasteiger partial charge in [-0.3, -0.25) is 19.7 Å². The monoisotopic (exact) mass is 472 g/mol. The van der Waals surface area contributed by atoms with E-state index in [0.717, 1.165) is 22.8 Å². The summed E-state index contributed by atoms with van der Waals surface area (Å²) in [6, 6.07) is 14.6. The maximum atomic E-state index is 13.1. The molecule has 2 aliphatic heterocycles. The molecule has 7 nitrogen and oxygen atoms in total. The fourth-order valence-electron chi connectivity index (χ4n) is 5.23. The fourth-order valence-corrected chi connectivity index (χ4v) is 5.46. The van der Waals surface area contributed by atoms with E-state index in [-0.39, 0.29) is 11.9 Å². The second-order valence-corrected chi connectivity index (χ2v) is 9.33. The highest BCUT2D eigenvalue weighted by Gasteiger charge is 2.35. The molecule has 0 aliphatic carbocycles. The second kappa shape index (κ2) is 7.41. The molecule has 3 heterocycles. The maximum absolute atomic E-state index is 13.1. The van der Waals surface area contributed by atoms with Gasteiger partial charge in [0.1, 0.15) is 0 Å². The number of halogens is 1. The zero-order valence-electron chi connectivity index (χ0n) is 18.4. The molecule has 3 N–H and O–H groups in total. The van der Waals surface area contributed by atoms with E-state index < -0.39 is 11.8 Å². The Labute approximate surface area is 200 Å². The number of amides is 3. The molecule has 170 valence electrons. The van der Waals surface area contributed by atoms with Crippen LogP contribution in [0.4, 0.5) is 0 Å². The number of hydrogen-bond acceptors (Lipinski definition) is 4. The molecular weight excluding hydrogens is 452 g/mol. The van der Waals surface area contributed by atoms with Crippen molar-refractivity contribution in [1.82, 2.24) is 14.8 Å². The number of carbonyl (C=O) groups is 3. The molecule has 0 spiro atoms. The Morgan fingerprint density at radius 1 is 1.03 bits per heavy atom. The van der Waals surface area contributed by atoms with Crippen molar-refractivity contribution in [3.05, 3.63) is 70.2 Å². The highest BCUT2D eigenvalue weighted by atomic mass is 35.5. The van der Waals surface area contributed by atoms with Crippen molar-refractivity contribution in [2.24, 2.45) is 12.8 Å². The zero-order chi connectivity index (χ0) is 23.7. The number of nitrogens with one attached hydrogen (secondary N) is 1. The Bertz CT molecular complexity index is 1570. The van der Waals surface area contributed by atoms with Gasteiger partial charge in [0.2, 0.25) is 0 Å². The molecule has 3 aromatic carbocycles. The van der Waals surface area contributed by atoms with E-state index in [4.69, 9.17) is 17.3 Å². The van der Waals surface area contributed by atoms with Gasteiger partial charge < -0.3 is 15.2 Å². The molecule has 1 fully saturated rings. The first-order valence-corrected chi connectivity index (χ1v) is 11.5. The third-order valence-corrected chi connectivity index (χ3v) is 7.23. The number of imide groups is 1. The lowest BCUT2D eigenvalue weighted by molar-refractivity contribution is 0.0789. The van der Waals surface area contributed by atoms with E-state index in [0.29, 0.717) is 51.3 Å². The van der Waals surface area contributed by atoms with E-state index in [9.17, 15) is 14.4 Å². The molecule has 0 radical (unpaired) electrons. The number of nitrogens with two attached hydrogens (primary N) is 1. The van der Waals surface area contributed by atoms with Gasteiger partial charge in [-0.15, -0.1) is 0 Å². The highest BCUT2D eigenvalue weighted by molar-refractivity contribution is 6.36. The number of rotatable bonds is 2. The predicted molar refractivity (Wildman–Crippen MR) is 131 cm³/mol. The maximum Gasteiger partial charge on any atom is 0.259 e. The number of nitrogens with zero attached hydrogens (tertiary/aromatic N) is 2. The molecule has 6 rings (SSSR count). The third-order valence-electron chi connectivity index (χ3n) is 6.90. The van der Waals surface area contributed by atoms with Crippen LogP contribution in [0.1, 0.15) is 37.5 Å². The lowest BCUT2D eigenvalue weighted by Gasteiger charge is -2.15. The molecule has 2 aliphatic rings. The number of aromatic nitrogens is 1. The fraction of sp³-hybridized carbons (Fsp3) is 0.192. The molecule has 1 atom stereocenters. The van der Waals surface area contributed by atoms with Crippen LogP contribution in [0.5, 0.6) is 0 Å². The lowest BCUT2D eigenvalue weighted by Crippen LogP contribution is -2.31. The lowest BCUT2D eigenvalue weighted by atomic mass is 9.92. The standard InChI is InChI=1S/C26H21ClN4O3/c1-30-19-10-13(26(34)31-9-8-14(28)12-31)6-7-16(19)21-20(30)11-17(15-4-2-3-5-18(15)27)22-23(21)25(33)29-24(22)32/h2-7,10-11,14H,8-9,12,28H2,1H3,(H,29,32,33)/t14-/m1/s1. The summed E-state index contributed by atoms with van der Waals surface area (Å²) in [5.74, 6) is -0.932. The van der Waals surface area contributed by atoms with Crippen LogP contribution in [-0.2, 0) is 7.05 Å². The van der Waals surface area contributed by atoms with Crippen molar-refractivity contribution in [2.45, 2.75) is 12.5 Å². The van der Waals surface area contributed by atoms with Crippen LogP contribution in [0.3, 0.4) is 0 Å². The van der Waals surface area contributed by atoms with Crippen molar-refractivity contribution in [3.8, 4) is 11.1 Å². The summed E-state index contributed by atoms with van der Waals surface area (Å²) in [4.78, 5) is 40.6. The minimum absolute atomic E-state index is 0.00664. The average Bonchev–Trinajstić information content (AvgIpc) is 3.47. The largest absolute Gasteiger partial charge is 0.344 e. The molecule has 3 amide bonds. The SMILES string of the molecule is Cn1c2cc(C(=O)N3CC[C@@H](N)C3)ccc2c2c3c(c(-c4ccccc4Cl)cc21)C(=O)NC3=O. The van der Waals surface area contributed by atoms with Crippen LogP contribution in [0.25, 0.3) is 32.9 Å². The minimum atomic E-state index is -0.439. The van der Waals surface area contributed by atoms with Crippen molar-refractivity contribution in [3.63, 3.8) is 0 Å².